The third-order valence-electron chi connectivity index (χ3n) is 3.49. The van der Waals surface area contributed by atoms with Gasteiger partial charge < -0.3 is 14.5 Å². The number of hydrogen-bond donors (Lipinski definition) is 1. The molecule has 0 radical (unpaired) electrons. The maximum Gasteiger partial charge on any atom is 0.120 e. The second kappa shape index (κ2) is 6.14. The van der Waals surface area contributed by atoms with Gasteiger partial charge in [0, 0.05) is 5.56 Å². The fourth-order valence-electron chi connectivity index (χ4n) is 2.30. The van der Waals surface area contributed by atoms with Crippen LogP contribution in [0.2, 0.25) is 0 Å². The first-order valence-electron chi connectivity index (χ1n) is 7.39. The summed E-state index contributed by atoms with van der Waals surface area (Å²) in [5.74, 6) is 0.969. The second-order valence-electron chi connectivity index (χ2n) is 5.33. The lowest BCUT2D eigenvalue weighted by Crippen LogP contribution is -2.22. The van der Waals surface area contributed by atoms with Crippen molar-refractivity contribution in [1.29, 1.82) is 0 Å². The largest absolute Gasteiger partial charge is 0.490 e. The molecular weight excluding hydrogens is 250 g/mol. The van der Waals surface area contributed by atoms with Crippen LogP contribution in [0.3, 0.4) is 0 Å². The lowest BCUT2D eigenvalue weighted by Gasteiger charge is -2.18. The molecule has 0 saturated heterocycles. The van der Waals surface area contributed by atoms with Crippen molar-refractivity contribution in [3.8, 4) is 5.75 Å². The zero-order valence-corrected chi connectivity index (χ0v) is 11.8. The van der Waals surface area contributed by atoms with Gasteiger partial charge in [0.25, 0.3) is 0 Å². The molecule has 1 saturated carbocycles. The Bertz CT molecular complexity index is 532. The fraction of sp³-hybridized carbons (Fsp3) is 0.412. The molecule has 1 aromatic carbocycles. The third-order valence-corrected chi connectivity index (χ3v) is 3.49. The van der Waals surface area contributed by atoms with Gasteiger partial charge in [-0.3, -0.25) is 0 Å². The molecule has 1 aliphatic rings. The summed E-state index contributed by atoms with van der Waals surface area (Å²) in [5, 5.41) is 3.57. The van der Waals surface area contributed by atoms with E-state index in [0.29, 0.717) is 6.10 Å². The maximum absolute atomic E-state index is 5.89. The van der Waals surface area contributed by atoms with Gasteiger partial charge in [0.15, 0.2) is 0 Å². The first kappa shape index (κ1) is 13.3. The first-order valence-corrected chi connectivity index (χ1v) is 7.39. The topological polar surface area (TPSA) is 34.4 Å². The van der Waals surface area contributed by atoms with Crippen molar-refractivity contribution in [2.24, 2.45) is 0 Å². The van der Waals surface area contributed by atoms with Gasteiger partial charge in [0.05, 0.1) is 24.7 Å². The number of benzene rings is 1. The fourth-order valence-corrected chi connectivity index (χ4v) is 2.30. The van der Waals surface area contributed by atoms with Crippen molar-refractivity contribution in [3.05, 3.63) is 54.0 Å². The van der Waals surface area contributed by atoms with E-state index in [9.17, 15) is 0 Å². The molecule has 0 spiro atoms. The molecule has 3 nitrogen and oxygen atoms in total. The monoisotopic (exact) mass is 271 g/mol. The molecule has 0 amide bonds. The van der Waals surface area contributed by atoms with Crippen molar-refractivity contribution in [3.63, 3.8) is 0 Å². The molecule has 2 aromatic rings. The van der Waals surface area contributed by atoms with Crippen molar-refractivity contribution >= 4 is 0 Å². The molecule has 3 rings (SSSR count). The highest BCUT2D eigenvalue weighted by molar-refractivity contribution is 5.36. The summed E-state index contributed by atoms with van der Waals surface area (Å²) >= 11 is 0. The summed E-state index contributed by atoms with van der Waals surface area (Å²) in [6.45, 7) is 3.15. The zero-order chi connectivity index (χ0) is 13.8. The van der Waals surface area contributed by atoms with Crippen molar-refractivity contribution < 1.29 is 9.15 Å². The molecule has 1 aromatic heterocycles. The van der Waals surface area contributed by atoms with E-state index in [1.807, 2.05) is 18.4 Å². The summed E-state index contributed by atoms with van der Waals surface area (Å²) in [6, 6.07) is 10.6. The Kier molecular flexibility index (Phi) is 4.07. The van der Waals surface area contributed by atoms with E-state index >= 15 is 0 Å². The lowest BCUT2D eigenvalue weighted by molar-refractivity contribution is 0.302. The van der Waals surface area contributed by atoms with Gasteiger partial charge in [0.2, 0.25) is 0 Å². The number of hydrogen-bond acceptors (Lipinski definition) is 3. The Hall–Kier alpha value is -1.74. The molecule has 0 bridgehead atoms. The maximum atomic E-state index is 5.89. The van der Waals surface area contributed by atoms with Crippen LogP contribution in [0, 0.1) is 0 Å². The highest BCUT2D eigenvalue weighted by Crippen LogP contribution is 2.30. The van der Waals surface area contributed by atoms with Gasteiger partial charge >= 0.3 is 0 Å². The van der Waals surface area contributed by atoms with E-state index < -0.39 is 0 Å². The van der Waals surface area contributed by atoms with Crippen LogP contribution >= 0.6 is 0 Å². The van der Waals surface area contributed by atoms with Gasteiger partial charge in [-0.1, -0.05) is 19.1 Å². The van der Waals surface area contributed by atoms with Crippen LogP contribution in [0.5, 0.6) is 5.75 Å². The zero-order valence-electron chi connectivity index (χ0n) is 11.8. The predicted octanol–water partition coefficient (Wildman–Crippen LogP) is 3.91. The van der Waals surface area contributed by atoms with Crippen LogP contribution in [-0.4, -0.2) is 12.6 Å². The Labute approximate surface area is 119 Å². The highest BCUT2D eigenvalue weighted by atomic mass is 16.5. The minimum atomic E-state index is 0.163. The number of rotatable bonds is 7. The molecule has 1 aliphatic carbocycles. The normalized spacial score (nSPS) is 16.1. The Morgan fingerprint density at radius 3 is 2.90 bits per heavy atom. The average Bonchev–Trinajstić information content (AvgIpc) is 3.11. The quantitative estimate of drug-likeness (QED) is 0.829. The average molecular weight is 271 g/mol. The molecule has 3 heteroatoms. The van der Waals surface area contributed by atoms with Crippen LogP contribution in [0.15, 0.2) is 47.3 Å². The SMILES string of the molecule is CCCNC(c1ccoc1)c1cccc(OC2CC2)c1. The minimum absolute atomic E-state index is 0.163. The summed E-state index contributed by atoms with van der Waals surface area (Å²) in [7, 11) is 0. The lowest BCUT2D eigenvalue weighted by atomic mass is 10.0. The highest BCUT2D eigenvalue weighted by Gasteiger charge is 2.24. The van der Waals surface area contributed by atoms with Crippen LogP contribution in [0.1, 0.15) is 43.4 Å². The Morgan fingerprint density at radius 1 is 1.30 bits per heavy atom. The molecule has 1 fully saturated rings. The Balaban J connectivity index is 1.81. The van der Waals surface area contributed by atoms with Crippen LogP contribution in [0.25, 0.3) is 0 Å². The van der Waals surface area contributed by atoms with Gasteiger partial charge in [-0.25, -0.2) is 0 Å². The molecule has 106 valence electrons. The first-order chi connectivity index (χ1) is 9.86. The van der Waals surface area contributed by atoms with E-state index in [1.54, 1.807) is 6.26 Å². The smallest absolute Gasteiger partial charge is 0.120 e. The molecule has 20 heavy (non-hydrogen) atoms. The van der Waals surface area contributed by atoms with Crippen molar-refractivity contribution in [1.82, 2.24) is 5.32 Å². The standard InChI is InChI=1S/C17H21NO2/c1-2-9-18-17(14-8-10-19-12-14)13-4-3-5-16(11-13)20-15-6-7-15/h3-5,8,10-12,15,17-18H,2,6-7,9H2,1H3. The molecule has 0 aliphatic heterocycles. The van der Waals surface area contributed by atoms with E-state index in [1.165, 1.54) is 18.4 Å². The van der Waals surface area contributed by atoms with Crippen molar-refractivity contribution in [2.45, 2.75) is 38.3 Å². The van der Waals surface area contributed by atoms with Crippen LogP contribution in [-0.2, 0) is 0 Å². The summed E-state index contributed by atoms with van der Waals surface area (Å²) in [6.07, 6.45) is 7.43. The predicted molar refractivity (Wildman–Crippen MR) is 78.9 cm³/mol. The second-order valence-corrected chi connectivity index (χ2v) is 5.33. The summed E-state index contributed by atoms with van der Waals surface area (Å²) in [4.78, 5) is 0. The van der Waals surface area contributed by atoms with Crippen molar-refractivity contribution in [2.75, 3.05) is 6.54 Å². The number of nitrogens with one attached hydrogen (secondary N) is 1. The van der Waals surface area contributed by atoms with Crippen LogP contribution in [0.4, 0.5) is 0 Å². The number of furan rings is 1. The number of ether oxygens (including phenoxy) is 1. The van der Waals surface area contributed by atoms with E-state index in [2.05, 4.69) is 30.4 Å². The van der Waals surface area contributed by atoms with E-state index in [-0.39, 0.29) is 6.04 Å². The van der Waals surface area contributed by atoms with Gasteiger partial charge in [-0.15, -0.1) is 0 Å². The molecular formula is C17H21NO2. The van der Waals surface area contributed by atoms with E-state index in [0.717, 1.165) is 24.3 Å². The van der Waals surface area contributed by atoms with E-state index in [4.69, 9.17) is 9.15 Å². The van der Waals surface area contributed by atoms with Gasteiger partial charge in [0.1, 0.15) is 5.75 Å². The molecule has 1 atom stereocenters. The summed E-state index contributed by atoms with van der Waals surface area (Å²) < 4.78 is 11.1. The minimum Gasteiger partial charge on any atom is -0.490 e. The Morgan fingerprint density at radius 2 is 2.20 bits per heavy atom. The summed E-state index contributed by atoms with van der Waals surface area (Å²) in [5.41, 5.74) is 2.38. The third kappa shape index (κ3) is 3.23. The molecule has 1 heterocycles. The molecule has 1 unspecified atom stereocenters. The van der Waals surface area contributed by atoms with Gasteiger partial charge in [-0.2, -0.15) is 0 Å². The molecule has 1 N–H and O–H groups in total. The van der Waals surface area contributed by atoms with Crippen LogP contribution < -0.4 is 10.1 Å². The van der Waals surface area contributed by atoms with Gasteiger partial charge in [-0.05, 0) is 49.6 Å².